The molecule has 0 saturated carbocycles. The molecule has 0 bridgehead atoms. The highest BCUT2D eigenvalue weighted by Crippen LogP contribution is 2.14. The van der Waals surface area contributed by atoms with Gasteiger partial charge in [-0.3, -0.25) is 4.79 Å². The van der Waals surface area contributed by atoms with Crippen molar-refractivity contribution in [2.24, 2.45) is 0 Å². The molecule has 0 unspecified atom stereocenters. The summed E-state index contributed by atoms with van der Waals surface area (Å²) in [5.74, 6) is 1.55. The number of hydrogen-bond donors (Lipinski definition) is 0. The molecule has 4 heteroatoms. The number of aryl methyl sites for hydroxylation is 1. The number of hydrogen-bond acceptors (Lipinski definition) is 4. The second-order valence-electron chi connectivity index (χ2n) is 5.64. The third-order valence-corrected chi connectivity index (χ3v) is 3.70. The van der Waals surface area contributed by atoms with E-state index < -0.39 is 0 Å². The quantitative estimate of drug-likeness (QED) is 0.468. The summed E-state index contributed by atoms with van der Waals surface area (Å²) in [6.45, 7) is 0.217. The van der Waals surface area contributed by atoms with Gasteiger partial charge in [0.2, 0.25) is 0 Å². The van der Waals surface area contributed by atoms with E-state index >= 15 is 0 Å². The molecule has 0 aliphatic carbocycles. The third-order valence-electron chi connectivity index (χ3n) is 3.70. The molecule has 26 heavy (non-hydrogen) atoms. The topological polar surface area (TPSA) is 44.8 Å². The van der Waals surface area contributed by atoms with E-state index in [0.29, 0.717) is 0 Å². The first kappa shape index (κ1) is 19.5. The fourth-order valence-electron chi connectivity index (χ4n) is 2.28. The third kappa shape index (κ3) is 6.95. The van der Waals surface area contributed by atoms with Gasteiger partial charge in [0.15, 0.2) is 12.6 Å². The summed E-state index contributed by atoms with van der Waals surface area (Å²) in [7, 11) is 3.23. The van der Waals surface area contributed by atoms with Crippen molar-refractivity contribution in [1.29, 1.82) is 0 Å². The van der Waals surface area contributed by atoms with Crippen LogP contribution in [0.4, 0.5) is 0 Å². The Hall–Kier alpha value is -2.85. The molecule has 0 N–H and O–H groups in total. The lowest BCUT2D eigenvalue weighted by Gasteiger charge is -2.03. The summed E-state index contributed by atoms with van der Waals surface area (Å²) >= 11 is 0. The minimum atomic E-state index is -0.0283. The van der Waals surface area contributed by atoms with E-state index in [1.807, 2.05) is 54.6 Å². The van der Waals surface area contributed by atoms with E-state index in [9.17, 15) is 4.79 Å². The Morgan fingerprint density at radius 2 is 1.62 bits per heavy atom. The second kappa shape index (κ2) is 10.9. The van der Waals surface area contributed by atoms with Crippen molar-refractivity contribution >= 4 is 11.9 Å². The summed E-state index contributed by atoms with van der Waals surface area (Å²) in [6.07, 6.45) is 8.57. The van der Waals surface area contributed by atoms with Crippen LogP contribution in [0.3, 0.4) is 0 Å². The van der Waals surface area contributed by atoms with Crippen LogP contribution in [0, 0.1) is 0 Å². The number of carbonyl (C=O) groups is 1. The highest BCUT2D eigenvalue weighted by Gasteiger charge is 1.95. The molecule has 2 rings (SSSR count). The molecule has 0 aromatic heterocycles. The molecule has 0 saturated heterocycles. The minimum Gasteiger partial charge on any atom is -0.497 e. The van der Waals surface area contributed by atoms with Gasteiger partial charge in [0.1, 0.15) is 11.5 Å². The molecule has 0 aliphatic heterocycles. The van der Waals surface area contributed by atoms with Crippen molar-refractivity contribution in [2.45, 2.75) is 12.8 Å². The predicted octanol–water partition coefficient (Wildman–Crippen LogP) is 4.45. The first-order chi connectivity index (χ1) is 12.7. The minimum absolute atomic E-state index is 0.0283. The van der Waals surface area contributed by atoms with Crippen molar-refractivity contribution in [3.8, 4) is 11.5 Å². The molecule has 0 aliphatic rings. The van der Waals surface area contributed by atoms with Gasteiger partial charge in [0, 0.05) is 7.11 Å². The molecule has 2 aromatic rings. The van der Waals surface area contributed by atoms with Gasteiger partial charge in [-0.1, -0.05) is 36.4 Å². The Labute approximate surface area is 154 Å². The maximum Gasteiger partial charge on any atom is 0.188 e. The molecule has 0 amide bonds. The van der Waals surface area contributed by atoms with Crippen LogP contribution in [0.2, 0.25) is 0 Å². The lowest BCUT2D eigenvalue weighted by atomic mass is 10.1. The van der Waals surface area contributed by atoms with Crippen LogP contribution >= 0.6 is 0 Å². The first-order valence-corrected chi connectivity index (χ1v) is 8.44. The van der Waals surface area contributed by atoms with Crippen LogP contribution in [-0.4, -0.2) is 26.8 Å². The number of carbonyl (C=O) groups excluding carboxylic acids is 1. The Morgan fingerprint density at radius 1 is 0.923 bits per heavy atom. The molecular weight excluding hydrogens is 328 g/mol. The largest absolute Gasteiger partial charge is 0.497 e. The number of allylic oxidation sites excluding steroid dienone is 3. The number of rotatable bonds is 10. The van der Waals surface area contributed by atoms with E-state index in [0.717, 1.165) is 29.9 Å². The zero-order valence-electron chi connectivity index (χ0n) is 15.2. The molecular formula is C22H24O4. The SMILES string of the molecule is COCOc1ccc(C=CC(=O)C=CCCc2ccc(OC)cc2)cc1. The van der Waals surface area contributed by atoms with Gasteiger partial charge in [-0.2, -0.15) is 0 Å². The molecule has 0 spiro atoms. The van der Waals surface area contributed by atoms with Gasteiger partial charge in [-0.15, -0.1) is 0 Å². The zero-order chi connectivity index (χ0) is 18.6. The zero-order valence-corrected chi connectivity index (χ0v) is 15.2. The second-order valence-corrected chi connectivity index (χ2v) is 5.64. The number of methoxy groups -OCH3 is 2. The monoisotopic (exact) mass is 352 g/mol. The summed E-state index contributed by atoms with van der Waals surface area (Å²) in [5.41, 5.74) is 2.16. The van der Waals surface area contributed by atoms with Crippen LogP contribution in [0.5, 0.6) is 11.5 Å². The lowest BCUT2D eigenvalue weighted by Crippen LogP contribution is -1.98. The summed E-state index contributed by atoms with van der Waals surface area (Å²) < 4.78 is 15.3. The molecule has 4 nitrogen and oxygen atoms in total. The Balaban J connectivity index is 1.76. The summed E-state index contributed by atoms with van der Waals surface area (Å²) in [4.78, 5) is 11.9. The fraction of sp³-hybridized carbons (Fsp3) is 0.227. The molecule has 0 heterocycles. The van der Waals surface area contributed by atoms with Gasteiger partial charge >= 0.3 is 0 Å². The highest BCUT2D eigenvalue weighted by molar-refractivity contribution is 6.01. The summed E-state index contributed by atoms with van der Waals surface area (Å²) in [6, 6.07) is 15.4. The smallest absolute Gasteiger partial charge is 0.188 e. The van der Waals surface area contributed by atoms with Gasteiger partial charge in [0.25, 0.3) is 0 Å². The Bertz CT molecular complexity index is 728. The van der Waals surface area contributed by atoms with Crippen molar-refractivity contribution in [3.63, 3.8) is 0 Å². The van der Waals surface area contributed by atoms with E-state index in [2.05, 4.69) is 0 Å². The molecule has 0 atom stereocenters. The number of benzene rings is 2. The first-order valence-electron chi connectivity index (χ1n) is 8.44. The highest BCUT2D eigenvalue weighted by atomic mass is 16.7. The number of ketones is 1. The lowest BCUT2D eigenvalue weighted by molar-refractivity contribution is -0.110. The maximum atomic E-state index is 11.9. The van der Waals surface area contributed by atoms with Gasteiger partial charge in [-0.05, 0) is 60.4 Å². The van der Waals surface area contributed by atoms with Crippen molar-refractivity contribution in [1.82, 2.24) is 0 Å². The Morgan fingerprint density at radius 3 is 2.27 bits per heavy atom. The average Bonchev–Trinajstić information content (AvgIpc) is 2.69. The van der Waals surface area contributed by atoms with Crippen molar-refractivity contribution in [2.75, 3.05) is 21.0 Å². The average molecular weight is 352 g/mol. The molecule has 136 valence electrons. The summed E-state index contributed by atoms with van der Waals surface area (Å²) in [5, 5.41) is 0. The van der Waals surface area contributed by atoms with Crippen LogP contribution in [0.15, 0.2) is 66.8 Å². The van der Waals surface area contributed by atoms with E-state index in [4.69, 9.17) is 14.2 Å². The maximum absolute atomic E-state index is 11.9. The molecule has 0 radical (unpaired) electrons. The van der Waals surface area contributed by atoms with Gasteiger partial charge in [-0.25, -0.2) is 0 Å². The van der Waals surface area contributed by atoms with Gasteiger partial charge < -0.3 is 14.2 Å². The van der Waals surface area contributed by atoms with E-state index in [1.54, 1.807) is 32.4 Å². The Kier molecular flexibility index (Phi) is 8.16. The predicted molar refractivity (Wildman–Crippen MR) is 103 cm³/mol. The van der Waals surface area contributed by atoms with Gasteiger partial charge in [0.05, 0.1) is 7.11 Å². The standard InChI is InChI=1S/C22H24O4/c1-24-17-26-22-15-10-19(11-16-22)7-12-20(23)6-4-3-5-18-8-13-21(25-2)14-9-18/h4,6-16H,3,5,17H2,1-2H3. The van der Waals surface area contributed by atoms with Crippen LogP contribution in [0.1, 0.15) is 17.5 Å². The van der Waals surface area contributed by atoms with Crippen LogP contribution in [-0.2, 0) is 16.0 Å². The van der Waals surface area contributed by atoms with Crippen LogP contribution < -0.4 is 9.47 Å². The van der Waals surface area contributed by atoms with Crippen molar-refractivity contribution in [3.05, 3.63) is 77.9 Å². The molecule has 2 aromatic carbocycles. The van der Waals surface area contributed by atoms with Crippen LogP contribution in [0.25, 0.3) is 6.08 Å². The fourth-order valence-corrected chi connectivity index (χ4v) is 2.28. The van der Waals surface area contributed by atoms with E-state index in [-0.39, 0.29) is 12.6 Å². The molecule has 0 fully saturated rings. The van der Waals surface area contributed by atoms with Crippen molar-refractivity contribution < 1.29 is 19.0 Å². The number of ether oxygens (including phenoxy) is 3. The normalized spacial score (nSPS) is 11.2. The van der Waals surface area contributed by atoms with E-state index in [1.165, 1.54) is 5.56 Å².